The molecule has 0 aliphatic heterocycles. The molecule has 5 nitrogen and oxygen atoms in total. The van der Waals surface area contributed by atoms with Crippen molar-refractivity contribution in [2.75, 3.05) is 13.6 Å². The lowest BCUT2D eigenvalue weighted by atomic mass is 9.89. The predicted octanol–water partition coefficient (Wildman–Crippen LogP) is 2.32. The van der Waals surface area contributed by atoms with E-state index >= 15 is 0 Å². The highest BCUT2D eigenvalue weighted by Crippen LogP contribution is 2.24. The van der Waals surface area contributed by atoms with E-state index in [4.69, 9.17) is 5.11 Å². The second-order valence-corrected chi connectivity index (χ2v) is 5.89. The third-order valence-electron chi connectivity index (χ3n) is 3.82. The summed E-state index contributed by atoms with van der Waals surface area (Å²) in [5, 5.41) is 11.7. The van der Waals surface area contributed by atoms with Gasteiger partial charge in [-0.3, -0.25) is 0 Å². The summed E-state index contributed by atoms with van der Waals surface area (Å²) in [5.41, 5.74) is 0. The molecule has 0 heterocycles. The van der Waals surface area contributed by atoms with Crippen LogP contribution >= 0.6 is 0 Å². The quantitative estimate of drug-likeness (QED) is 0.805. The minimum atomic E-state index is -0.977. The van der Waals surface area contributed by atoms with Gasteiger partial charge in [-0.05, 0) is 24.7 Å². The summed E-state index contributed by atoms with van der Waals surface area (Å²) in [6, 6.07) is -1.10. The van der Waals surface area contributed by atoms with Gasteiger partial charge in [-0.15, -0.1) is 0 Å². The van der Waals surface area contributed by atoms with Crippen molar-refractivity contribution in [1.29, 1.82) is 0 Å². The van der Waals surface area contributed by atoms with Crippen LogP contribution in [0.4, 0.5) is 4.79 Å². The van der Waals surface area contributed by atoms with E-state index in [1.165, 1.54) is 32.1 Å². The van der Waals surface area contributed by atoms with Crippen molar-refractivity contribution in [3.63, 3.8) is 0 Å². The largest absolute Gasteiger partial charge is 0.480 e. The zero-order valence-electron chi connectivity index (χ0n) is 12.2. The Balaban J connectivity index is 2.44. The van der Waals surface area contributed by atoms with Crippen LogP contribution in [0.1, 0.15) is 46.0 Å². The van der Waals surface area contributed by atoms with Crippen LogP contribution in [0, 0.1) is 11.8 Å². The molecule has 1 aliphatic carbocycles. The Labute approximate surface area is 115 Å². The Morgan fingerprint density at radius 2 is 1.84 bits per heavy atom. The number of carboxylic acid groups (broad SMARTS) is 1. The number of carbonyl (C=O) groups is 2. The van der Waals surface area contributed by atoms with E-state index in [1.54, 1.807) is 25.8 Å². The lowest BCUT2D eigenvalue weighted by Crippen LogP contribution is -2.50. The summed E-state index contributed by atoms with van der Waals surface area (Å²) in [6.45, 7) is 4.30. The van der Waals surface area contributed by atoms with Gasteiger partial charge >= 0.3 is 12.0 Å². The van der Waals surface area contributed by atoms with Gasteiger partial charge in [0.05, 0.1) is 0 Å². The van der Waals surface area contributed by atoms with Gasteiger partial charge in [-0.25, -0.2) is 9.59 Å². The van der Waals surface area contributed by atoms with Crippen LogP contribution in [-0.4, -0.2) is 41.6 Å². The lowest BCUT2D eigenvalue weighted by Gasteiger charge is -2.28. The Morgan fingerprint density at radius 1 is 1.26 bits per heavy atom. The molecule has 2 N–H and O–H groups in total. The number of rotatable bonds is 5. The average Bonchev–Trinajstić information content (AvgIpc) is 2.35. The van der Waals surface area contributed by atoms with Crippen LogP contribution in [-0.2, 0) is 4.79 Å². The normalized spacial score (nSPS) is 18.1. The van der Waals surface area contributed by atoms with Gasteiger partial charge in [0, 0.05) is 13.6 Å². The highest BCUT2D eigenvalue weighted by Gasteiger charge is 2.25. The molecule has 0 aromatic heterocycles. The van der Waals surface area contributed by atoms with Crippen LogP contribution in [0.3, 0.4) is 0 Å². The van der Waals surface area contributed by atoms with Crippen LogP contribution in [0.25, 0.3) is 0 Å². The number of hydrogen-bond acceptors (Lipinski definition) is 2. The maximum Gasteiger partial charge on any atom is 0.326 e. The van der Waals surface area contributed by atoms with Crippen LogP contribution < -0.4 is 5.32 Å². The smallest absolute Gasteiger partial charge is 0.326 e. The molecule has 1 saturated carbocycles. The molecule has 110 valence electrons. The Bertz CT molecular complexity index is 312. The van der Waals surface area contributed by atoms with E-state index in [1.807, 2.05) is 0 Å². The summed E-state index contributed by atoms with van der Waals surface area (Å²) in [6.07, 6.45) is 6.11. The van der Waals surface area contributed by atoms with E-state index in [0.29, 0.717) is 5.92 Å². The lowest BCUT2D eigenvalue weighted by molar-refractivity contribution is -0.140. The third-order valence-corrected chi connectivity index (χ3v) is 3.82. The van der Waals surface area contributed by atoms with E-state index in [9.17, 15) is 9.59 Å². The Hall–Kier alpha value is -1.26. The standard InChI is InChI=1S/C14H26N2O3/c1-10(2)12(13(17)18)15-14(19)16(3)9-11-7-5-4-6-8-11/h10-12H,4-9H2,1-3H3,(H,15,19)(H,17,18)/t12-/m1/s1. The van der Waals surface area contributed by atoms with Crippen molar-refractivity contribution in [1.82, 2.24) is 10.2 Å². The van der Waals surface area contributed by atoms with Crippen molar-refractivity contribution >= 4 is 12.0 Å². The number of carboxylic acids is 1. The number of aliphatic carboxylic acids is 1. The molecular weight excluding hydrogens is 244 g/mol. The van der Waals surface area contributed by atoms with Crippen molar-refractivity contribution in [2.45, 2.75) is 52.0 Å². The van der Waals surface area contributed by atoms with E-state index in [2.05, 4.69) is 5.32 Å². The predicted molar refractivity (Wildman–Crippen MR) is 74.0 cm³/mol. The zero-order valence-corrected chi connectivity index (χ0v) is 12.2. The minimum Gasteiger partial charge on any atom is -0.480 e. The average molecular weight is 270 g/mol. The van der Waals surface area contributed by atoms with Gasteiger partial charge in [0.15, 0.2) is 0 Å². The summed E-state index contributed by atoms with van der Waals surface area (Å²) >= 11 is 0. The summed E-state index contributed by atoms with van der Waals surface area (Å²) < 4.78 is 0. The maximum atomic E-state index is 12.0. The summed E-state index contributed by atoms with van der Waals surface area (Å²) in [5.74, 6) is -0.536. The van der Waals surface area contributed by atoms with Gasteiger partial charge in [0.1, 0.15) is 6.04 Å². The van der Waals surface area contributed by atoms with Gasteiger partial charge in [-0.1, -0.05) is 33.1 Å². The van der Waals surface area contributed by atoms with Gasteiger partial charge in [0.25, 0.3) is 0 Å². The third kappa shape index (κ3) is 5.09. The SMILES string of the molecule is CC(C)[C@@H](NC(=O)N(C)CC1CCCCC1)C(=O)O. The number of urea groups is 1. The fourth-order valence-electron chi connectivity index (χ4n) is 2.60. The van der Waals surface area contributed by atoms with Crippen LogP contribution in [0.15, 0.2) is 0 Å². The van der Waals surface area contributed by atoms with E-state index in [0.717, 1.165) is 6.54 Å². The summed E-state index contributed by atoms with van der Waals surface area (Å²) in [4.78, 5) is 24.7. The molecule has 5 heteroatoms. The number of amides is 2. The first-order chi connectivity index (χ1) is 8.91. The minimum absolute atomic E-state index is 0.121. The number of nitrogens with one attached hydrogen (secondary N) is 1. The Morgan fingerprint density at radius 3 is 2.32 bits per heavy atom. The fourth-order valence-corrected chi connectivity index (χ4v) is 2.60. The van der Waals surface area contributed by atoms with Crippen molar-refractivity contribution in [3.05, 3.63) is 0 Å². The molecule has 0 unspecified atom stereocenters. The summed E-state index contributed by atoms with van der Waals surface area (Å²) in [7, 11) is 1.74. The fraction of sp³-hybridized carbons (Fsp3) is 0.857. The van der Waals surface area contributed by atoms with Crippen LogP contribution in [0.5, 0.6) is 0 Å². The molecule has 2 amide bonds. The number of nitrogens with zero attached hydrogens (tertiary/aromatic N) is 1. The molecule has 1 rings (SSSR count). The molecule has 0 spiro atoms. The maximum absolute atomic E-state index is 12.0. The second kappa shape index (κ2) is 7.36. The first-order valence-corrected chi connectivity index (χ1v) is 7.16. The molecule has 0 aromatic carbocycles. The molecule has 0 aromatic rings. The monoisotopic (exact) mass is 270 g/mol. The Kier molecular flexibility index (Phi) is 6.12. The highest BCUT2D eigenvalue weighted by atomic mass is 16.4. The molecule has 1 fully saturated rings. The molecule has 1 aliphatic rings. The first kappa shape index (κ1) is 15.8. The van der Waals surface area contributed by atoms with Gasteiger partial charge in [0.2, 0.25) is 0 Å². The first-order valence-electron chi connectivity index (χ1n) is 7.16. The van der Waals surface area contributed by atoms with Crippen LogP contribution in [0.2, 0.25) is 0 Å². The van der Waals surface area contributed by atoms with Crippen molar-refractivity contribution in [2.24, 2.45) is 11.8 Å². The molecule has 1 atom stereocenters. The number of hydrogen-bond donors (Lipinski definition) is 2. The van der Waals surface area contributed by atoms with Gasteiger partial charge < -0.3 is 15.3 Å². The molecule has 0 saturated heterocycles. The van der Waals surface area contributed by atoms with Gasteiger partial charge in [-0.2, -0.15) is 0 Å². The molecule has 0 radical (unpaired) electrons. The molecular formula is C14H26N2O3. The van der Waals surface area contributed by atoms with E-state index < -0.39 is 12.0 Å². The molecule has 19 heavy (non-hydrogen) atoms. The van der Waals surface area contributed by atoms with Crippen molar-refractivity contribution in [3.8, 4) is 0 Å². The topological polar surface area (TPSA) is 69.6 Å². The molecule has 0 bridgehead atoms. The zero-order chi connectivity index (χ0) is 14.4. The second-order valence-electron chi connectivity index (χ2n) is 5.89. The van der Waals surface area contributed by atoms with E-state index in [-0.39, 0.29) is 11.9 Å². The highest BCUT2D eigenvalue weighted by molar-refractivity contribution is 5.82. The van der Waals surface area contributed by atoms with Crippen molar-refractivity contribution < 1.29 is 14.7 Å². The number of carbonyl (C=O) groups excluding carboxylic acids is 1.